The quantitative estimate of drug-likeness (QED) is 0.914. The average molecular weight is 260 g/mol. The van der Waals surface area contributed by atoms with Crippen LogP contribution in [0.1, 0.15) is 40.7 Å². The zero-order chi connectivity index (χ0) is 14.0. The molecule has 0 bridgehead atoms. The summed E-state index contributed by atoms with van der Waals surface area (Å²) in [7, 11) is 0. The first-order chi connectivity index (χ1) is 9.04. The third-order valence-corrected chi connectivity index (χ3v) is 2.99. The smallest absolute Gasteiger partial charge is 0.336 e. The van der Waals surface area contributed by atoms with Crippen molar-refractivity contribution in [2.45, 2.75) is 33.6 Å². The fourth-order valence-electron chi connectivity index (χ4n) is 2.04. The second-order valence-corrected chi connectivity index (χ2v) is 4.52. The molecule has 0 spiro atoms. The Hall–Kier alpha value is -2.17. The van der Waals surface area contributed by atoms with Crippen molar-refractivity contribution in [1.29, 1.82) is 0 Å². The summed E-state index contributed by atoms with van der Waals surface area (Å²) in [5.74, 6) is -0.0942. The van der Waals surface area contributed by atoms with Crippen molar-refractivity contribution < 1.29 is 14.4 Å². The molecule has 0 saturated heterocycles. The van der Waals surface area contributed by atoms with Crippen LogP contribution in [0.15, 0.2) is 16.7 Å². The van der Waals surface area contributed by atoms with Gasteiger partial charge in [0.05, 0.1) is 11.1 Å². The van der Waals surface area contributed by atoms with E-state index in [-0.39, 0.29) is 11.5 Å². The Morgan fingerprint density at radius 3 is 2.63 bits per heavy atom. The Kier molecular flexibility index (Phi) is 3.64. The van der Waals surface area contributed by atoms with Gasteiger partial charge in [0.15, 0.2) is 5.82 Å². The fraction of sp³-hybridized carbons (Fsp3) is 0.357. The lowest BCUT2D eigenvalue weighted by molar-refractivity contribution is 0.0696. The summed E-state index contributed by atoms with van der Waals surface area (Å²) in [5, 5.41) is 13.2. The van der Waals surface area contributed by atoms with E-state index in [0.29, 0.717) is 17.0 Å². The lowest BCUT2D eigenvalue weighted by atomic mass is 9.97. The molecule has 0 aliphatic heterocycles. The van der Waals surface area contributed by atoms with Crippen LogP contribution in [-0.2, 0) is 6.42 Å². The zero-order valence-electron chi connectivity index (χ0n) is 11.2. The number of carbonyl (C=O) groups is 1. The molecular formula is C14H16N2O3. The van der Waals surface area contributed by atoms with E-state index >= 15 is 0 Å². The maximum Gasteiger partial charge on any atom is 0.336 e. The molecule has 0 amide bonds. The highest BCUT2D eigenvalue weighted by molar-refractivity contribution is 5.97. The molecule has 0 atom stereocenters. The zero-order valence-corrected chi connectivity index (χ0v) is 11.2. The molecule has 5 nitrogen and oxygen atoms in total. The van der Waals surface area contributed by atoms with E-state index in [1.165, 1.54) is 0 Å². The summed E-state index contributed by atoms with van der Waals surface area (Å²) < 4.78 is 5.21. The van der Waals surface area contributed by atoms with Crippen molar-refractivity contribution in [2.24, 2.45) is 0 Å². The Balaban J connectivity index is 2.59. The first-order valence-corrected chi connectivity index (χ1v) is 6.21. The third-order valence-electron chi connectivity index (χ3n) is 2.99. The minimum absolute atomic E-state index is 0.228. The van der Waals surface area contributed by atoms with Crippen molar-refractivity contribution in [2.75, 3.05) is 0 Å². The van der Waals surface area contributed by atoms with Crippen molar-refractivity contribution in [1.82, 2.24) is 10.1 Å². The number of aromatic carboxylic acids is 1. The van der Waals surface area contributed by atoms with E-state index in [9.17, 15) is 9.90 Å². The summed E-state index contributed by atoms with van der Waals surface area (Å²) >= 11 is 0. The number of aryl methyl sites for hydroxylation is 3. The van der Waals surface area contributed by atoms with Crippen molar-refractivity contribution >= 4 is 5.97 Å². The van der Waals surface area contributed by atoms with Crippen LogP contribution in [-0.4, -0.2) is 21.2 Å². The molecule has 1 N–H and O–H groups in total. The van der Waals surface area contributed by atoms with Crippen LogP contribution in [0.2, 0.25) is 0 Å². The molecule has 0 aliphatic rings. The van der Waals surface area contributed by atoms with Gasteiger partial charge in [0.25, 0.3) is 5.89 Å². The predicted molar refractivity (Wildman–Crippen MR) is 70.2 cm³/mol. The van der Waals surface area contributed by atoms with Crippen molar-refractivity contribution in [3.63, 3.8) is 0 Å². The van der Waals surface area contributed by atoms with Gasteiger partial charge < -0.3 is 9.63 Å². The molecule has 0 aliphatic carbocycles. The molecule has 0 saturated carbocycles. The average Bonchev–Trinajstić information content (AvgIpc) is 2.80. The Morgan fingerprint density at radius 2 is 2.00 bits per heavy atom. The Bertz CT molecular complexity index is 617. The molecule has 0 unspecified atom stereocenters. The fourth-order valence-corrected chi connectivity index (χ4v) is 2.04. The van der Waals surface area contributed by atoms with Gasteiger partial charge >= 0.3 is 5.97 Å². The van der Waals surface area contributed by atoms with E-state index in [2.05, 4.69) is 10.1 Å². The highest BCUT2D eigenvalue weighted by Crippen LogP contribution is 2.28. The number of aromatic nitrogens is 2. The molecule has 1 heterocycles. The number of rotatable bonds is 4. The van der Waals surface area contributed by atoms with E-state index in [0.717, 1.165) is 18.4 Å². The third kappa shape index (κ3) is 2.50. The predicted octanol–water partition coefficient (Wildman–Crippen LogP) is 3.00. The summed E-state index contributed by atoms with van der Waals surface area (Å²) in [4.78, 5) is 15.7. The molecule has 100 valence electrons. The lowest BCUT2D eigenvalue weighted by Gasteiger charge is -2.08. The van der Waals surface area contributed by atoms with Crippen LogP contribution in [0.4, 0.5) is 0 Å². The summed E-state index contributed by atoms with van der Waals surface area (Å²) in [6, 6.07) is 3.65. The number of carboxylic acids is 1. The number of carboxylic acid groups (broad SMARTS) is 1. The standard InChI is InChI=1S/C14H16N2O3/c1-4-5-10-15-13(19-16-10)11-8(2)6-7-9(3)12(11)14(17)18/h6-7H,4-5H2,1-3H3,(H,17,18). The van der Waals surface area contributed by atoms with Gasteiger partial charge in [-0.05, 0) is 31.4 Å². The molecular weight excluding hydrogens is 244 g/mol. The first-order valence-electron chi connectivity index (χ1n) is 6.21. The maximum absolute atomic E-state index is 11.4. The van der Waals surface area contributed by atoms with Gasteiger partial charge in [0.1, 0.15) is 0 Å². The highest BCUT2D eigenvalue weighted by Gasteiger charge is 2.21. The molecule has 2 aromatic rings. The van der Waals surface area contributed by atoms with Gasteiger partial charge in [-0.3, -0.25) is 0 Å². The summed E-state index contributed by atoms with van der Waals surface area (Å²) in [5.41, 5.74) is 2.24. The van der Waals surface area contributed by atoms with Gasteiger partial charge in [-0.2, -0.15) is 4.98 Å². The van der Waals surface area contributed by atoms with Crippen LogP contribution in [0, 0.1) is 13.8 Å². The second kappa shape index (κ2) is 5.22. The highest BCUT2D eigenvalue weighted by atomic mass is 16.5. The lowest BCUT2D eigenvalue weighted by Crippen LogP contribution is -2.04. The number of hydrogen-bond donors (Lipinski definition) is 1. The topological polar surface area (TPSA) is 76.2 Å². The maximum atomic E-state index is 11.4. The first kappa shape index (κ1) is 13.3. The summed E-state index contributed by atoms with van der Waals surface area (Å²) in [6.45, 7) is 5.62. The number of benzene rings is 1. The molecule has 1 aromatic heterocycles. The number of hydrogen-bond acceptors (Lipinski definition) is 4. The van der Waals surface area contributed by atoms with Crippen LogP contribution < -0.4 is 0 Å². The van der Waals surface area contributed by atoms with E-state index in [4.69, 9.17) is 4.52 Å². The molecule has 0 fully saturated rings. The van der Waals surface area contributed by atoms with E-state index < -0.39 is 5.97 Å². The van der Waals surface area contributed by atoms with Gasteiger partial charge in [-0.25, -0.2) is 4.79 Å². The largest absolute Gasteiger partial charge is 0.478 e. The monoisotopic (exact) mass is 260 g/mol. The Labute approximate surface area is 111 Å². The second-order valence-electron chi connectivity index (χ2n) is 4.52. The minimum atomic E-state index is -0.980. The van der Waals surface area contributed by atoms with Crippen molar-refractivity contribution in [3.05, 3.63) is 34.6 Å². The van der Waals surface area contributed by atoms with Crippen LogP contribution in [0.25, 0.3) is 11.5 Å². The van der Waals surface area contributed by atoms with Crippen LogP contribution >= 0.6 is 0 Å². The number of nitrogens with zero attached hydrogens (tertiary/aromatic N) is 2. The molecule has 0 radical (unpaired) electrons. The van der Waals surface area contributed by atoms with Gasteiger partial charge in [0.2, 0.25) is 0 Å². The normalized spacial score (nSPS) is 10.7. The van der Waals surface area contributed by atoms with Gasteiger partial charge in [-0.1, -0.05) is 24.2 Å². The molecule has 19 heavy (non-hydrogen) atoms. The Morgan fingerprint density at radius 1 is 1.32 bits per heavy atom. The summed E-state index contributed by atoms with van der Waals surface area (Å²) in [6.07, 6.45) is 1.63. The van der Waals surface area contributed by atoms with E-state index in [1.54, 1.807) is 13.0 Å². The SMILES string of the molecule is CCCc1noc(-c2c(C)ccc(C)c2C(=O)O)n1. The molecule has 2 rings (SSSR count). The minimum Gasteiger partial charge on any atom is -0.478 e. The van der Waals surface area contributed by atoms with Gasteiger partial charge in [0, 0.05) is 6.42 Å². The molecule has 5 heteroatoms. The van der Waals surface area contributed by atoms with E-state index in [1.807, 2.05) is 19.9 Å². The van der Waals surface area contributed by atoms with Crippen LogP contribution in [0.5, 0.6) is 0 Å². The van der Waals surface area contributed by atoms with Gasteiger partial charge in [-0.15, -0.1) is 0 Å². The van der Waals surface area contributed by atoms with Crippen molar-refractivity contribution in [3.8, 4) is 11.5 Å². The van der Waals surface area contributed by atoms with Crippen LogP contribution in [0.3, 0.4) is 0 Å². The molecule has 1 aromatic carbocycles.